The average Bonchev–Trinajstić information content (AvgIpc) is 2.82. The van der Waals surface area contributed by atoms with E-state index in [2.05, 4.69) is 5.32 Å². The number of ether oxygens (including phenoxy) is 1. The van der Waals surface area contributed by atoms with Gasteiger partial charge in [0.15, 0.2) is 0 Å². The standard InChI is InChI=1S/C24H28FN3O5S/c1-5-28(6-2)34(31,32)20-9-7-8-18(13-20)23(29)27-22(16(3)4)24(30)33-15-19-12-17(14-26)10-11-21(19)25/h7-13,16,22H,5-6,15H2,1-4H3,(H,27,29)/t22-/m0/s1. The van der Waals surface area contributed by atoms with Crippen LogP contribution in [0.5, 0.6) is 0 Å². The number of amides is 1. The fraction of sp³-hybridized carbons (Fsp3) is 0.375. The lowest BCUT2D eigenvalue weighted by Crippen LogP contribution is -2.45. The summed E-state index contributed by atoms with van der Waals surface area (Å²) in [5.41, 5.74) is 0.329. The fourth-order valence-corrected chi connectivity index (χ4v) is 4.73. The number of hydrogen-bond donors (Lipinski definition) is 1. The van der Waals surface area contributed by atoms with E-state index in [0.717, 1.165) is 6.07 Å². The topological polar surface area (TPSA) is 117 Å². The first-order chi connectivity index (χ1) is 16.0. The molecule has 0 saturated carbocycles. The van der Waals surface area contributed by atoms with Crippen LogP contribution in [0.1, 0.15) is 49.2 Å². The molecule has 0 spiro atoms. The van der Waals surface area contributed by atoms with Gasteiger partial charge in [-0.15, -0.1) is 0 Å². The molecule has 1 amide bonds. The Kier molecular flexibility index (Phi) is 9.29. The normalized spacial score (nSPS) is 12.3. The monoisotopic (exact) mass is 489 g/mol. The highest BCUT2D eigenvalue weighted by atomic mass is 32.2. The third-order valence-corrected chi connectivity index (χ3v) is 7.24. The van der Waals surface area contributed by atoms with Crippen molar-refractivity contribution in [1.29, 1.82) is 5.26 Å². The second-order valence-corrected chi connectivity index (χ2v) is 9.78. The minimum absolute atomic E-state index is 0.0274. The molecule has 34 heavy (non-hydrogen) atoms. The van der Waals surface area contributed by atoms with Gasteiger partial charge < -0.3 is 10.1 Å². The van der Waals surface area contributed by atoms with E-state index in [9.17, 15) is 22.4 Å². The van der Waals surface area contributed by atoms with Crippen molar-refractivity contribution in [2.75, 3.05) is 13.1 Å². The van der Waals surface area contributed by atoms with Gasteiger partial charge in [-0.25, -0.2) is 17.6 Å². The highest BCUT2D eigenvalue weighted by Gasteiger charge is 2.28. The summed E-state index contributed by atoms with van der Waals surface area (Å²) in [4.78, 5) is 25.5. The highest BCUT2D eigenvalue weighted by molar-refractivity contribution is 7.89. The SMILES string of the molecule is CCN(CC)S(=O)(=O)c1cccc(C(=O)N[C@H](C(=O)OCc2cc(C#N)ccc2F)C(C)C)c1. The molecule has 0 bridgehead atoms. The van der Waals surface area contributed by atoms with Gasteiger partial charge >= 0.3 is 5.97 Å². The van der Waals surface area contributed by atoms with Crippen LogP contribution in [0.2, 0.25) is 0 Å². The Morgan fingerprint density at radius 1 is 1.15 bits per heavy atom. The minimum atomic E-state index is -3.76. The van der Waals surface area contributed by atoms with Crippen LogP contribution in [0, 0.1) is 23.1 Å². The van der Waals surface area contributed by atoms with Gasteiger partial charge in [0.25, 0.3) is 5.91 Å². The number of esters is 1. The summed E-state index contributed by atoms with van der Waals surface area (Å²) in [6, 6.07) is 10.1. The average molecular weight is 490 g/mol. The molecule has 2 aromatic rings. The second-order valence-electron chi connectivity index (χ2n) is 7.84. The first kappa shape index (κ1) is 27.0. The van der Waals surface area contributed by atoms with Gasteiger partial charge in [-0.3, -0.25) is 4.79 Å². The number of halogens is 1. The van der Waals surface area contributed by atoms with Crippen molar-refractivity contribution in [2.24, 2.45) is 5.92 Å². The van der Waals surface area contributed by atoms with Crippen LogP contribution in [0.3, 0.4) is 0 Å². The van der Waals surface area contributed by atoms with E-state index in [-0.39, 0.29) is 40.6 Å². The number of carbonyl (C=O) groups excluding carboxylic acids is 2. The van der Waals surface area contributed by atoms with Crippen LogP contribution in [-0.4, -0.2) is 43.7 Å². The van der Waals surface area contributed by atoms with Crippen molar-refractivity contribution in [3.63, 3.8) is 0 Å². The van der Waals surface area contributed by atoms with E-state index >= 15 is 0 Å². The molecule has 10 heteroatoms. The molecule has 2 rings (SSSR count). The number of sulfonamides is 1. The largest absolute Gasteiger partial charge is 0.459 e. The van der Waals surface area contributed by atoms with Crippen molar-refractivity contribution in [1.82, 2.24) is 9.62 Å². The van der Waals surface area contributed by atoms with E-state index in [1.165, 1.54) is 40.7 Å². The van der Waals surface area contributed by atoms with Crippen molar-refractivity contribution in [3.8, 4) is 6.07 Å². The summed E-state index contributed by atoms with van der Waals surface area (Å²) in [5, 5.41) is 11.5. The van der Waals surface area contributed by atoms with Crippen molar-refractivity contribution in [3.05, 3.63) is 65.0 Å². The Morgan fingerprint density at radius 3 is 2.41 bits per heavy atom. The summed E-state index contributed by atoms with van der Waals surface area (Å²) in [7, 11) is -3.76. The molecule has 1 N–H and O–H groups in total. The molecular weight excluding hydrogens is 461 g/mol. The number of nitrogens with zero attached hydrogens (tertiary/aromatic N) is 2. The van der Waals surface area contributed by atoms with Gasteiger partial charge in [0.05, 0.1) is 16.5 Å². The van der Waals surface area contributed by atoms with E-state index in [4.69, 9.17) is 10.00 Å². The molecule has 0 aromatic heterocycles. The molecule has 0 aliphatic rings. The summed E-state index contributed by atoms with van der Waals surface area (Å²) < 4.78 is 46.0. The van der Waals surface area contributed by atoms with Gasteiger partial charge in [-0.2, -0.15) is 9.57 Å². The van der Waals surface area contributed by atoms with Crippen LogP contribution >= 0.6 is 0 Å². The molecule has 0 radical (unpaired) electrons. The Morgan fingerprint density at radius 2 is 1.82 bits per heavy atom. The zero-order valence-corrected chi connectivity index (χ0v) is 20.4. The number of rotatable bonds is 10. The van der Waals surface area contributed by atoms with Crippen molar-refractivity contribution >= 4 is 21.9 Å². The lowest BCUT2D eigenvalue weighted by Gasteiger charge is -2.22. The minimum Gasteiger partial charge on any atom is -0.459 e. The predicted octanol–water partition coefficient (Wildman–Crippen LogP) is 3.23. The maximum atomic E-state index is 14.0. The smallest absolute Gasteiger partial charge is 0.329 e. The molecule has 0 unspecified atom stereocenters. The second kappa shape index (κ2) is 11.7. The van der Waals surface area contributed by atoms with E-state index in [1.807, 2.05) is 6.07 Å². The zero-order chi connectivity index (χ0) is 25.5. The van der Waals surface area contributed by atoms with Gasteiger partial charge in [0.2, 0.25) is 10.0 Å². The van der Waals surface area contributed by atoms with E-state index < -0.39 is 40.4 Å². The van der Waals surface area contributed by atoms with Gasteiger partial charge in [0, 0.05) is 24.2 Å². The molecule has 0 aliphatic heterocycles. The number of carbonyl (C=O) groups is 2. The third-order valence-electron chi connectivity index (χ3n) is 5.19. The number of nitrogens with one attached hydrogen (secondary N) is 1. The summed E-state index contributed by atoms with van der Waals surface area (Å²) in [6.45, 7) is 7.01. The molecule has 0 aliphatic carbocycles. The molecule has 1 atom stereocenters. The lowest BCUT2D eigenvalue weighted by molar-refractivity contribution is -0.148. The van der Waals surface area contributed by atoms with Crippen LogP contribution in [0.25, 0.3) is 0 Å². The molecule has 0 saturated heterocycles. The lowest BCUT2D eigenvalue weighted by atomic mass is 10.0. The zero-order valence-electron chi connectivity index (χ0n) is 19.5. The van der Waals surface area contributed by atoms with Crippen LogP contribution in [-0.2, 0) is 26.2 Å². The van der Waals surface area contributed by atoms with Crippen molar-refractivity contribution < 1.29 is 27.1 Å². The van der Waals surface area contributed by atoms with E-state index in [0.29, 0.717) is 0 Å². The predicted molar refractivity (Wildman–Crippen MR) is 124 cm³/mol. The summed E-state index contributed by atoms with van der Waals surface area (Å²) in [6.07, 6.45) is 0. The molecule has 2 aromatic carbocycles. The molecular formula is C24H28FN3O5S. The van der Waals surface area contributed by atoms with Crippen molar-refractivity contribution in [2.45, 2.75) is 45.2 Å². The first-order valence-electron chi connectivity index (χ1n) is 10.8. The maximum Gasteiger partial charge on any atom is 0.329 e. The molecule has 0 fully saturated rings. The van der Waals surface area contributed by atoms with Crippen LogP contribution in [0.4, 0.5) is 4.39 Å². The molecule has 8 nitrogen and oxygen atoms in total. The number of benzene rings is 2. The van der Waals surface area contributed by atoms with Gasteiger partial charge in [-0.05, 0) is 42.3 Å². The number of hydrogen-bond acceptors (Lipinski definition) is 6. The Bertz CT molecular complexity index is 1190. The first-order valence-corrected chi connectivity index (χ1v) is 12.2. The van der Waals surface area contributed by atoms with Crippen LogP contribution < -0.4 is 5.32 Å². The van der Waals surface area contributed by atoms with Gasteiger partial charge in [-0.1, -0.05) is 33.8 Å². The molecule has 0 heterocycles. The Hall–Kier alpha value is -3.29. The van der Waals surface area contributed by atoms with E-state index in [1.54, 1.807) is 27.7 Å². The van der Waals surface area contributed by atoms with Gasteiger partial charge in [0.1, 0.15) is 18.5 Å². The van der Waals surface area contributed by atoms with Crippen LogP contribution in [0.15, 0.2) is 47.4 Å². The maximum absolute atomic E-state index is 14.0. The third kappa shape index (κ3) is 6.40. The number of nitriles is 1. The molecule has 182 valence electrons. The summed E-state index contributed by atoms with van der Waals surface area (Å²) >= 11 is 0. The highest BCUT2D eigenvalue weighted by Crippen LogP contribution is 2.18. The Labute approximate surface area is 199 Å². The fourth-order valence-electron chi connectivity index (χ4n) is 3.23. The quantitative estimate of drug-likeness (QED) is 0.512. The summed E-state index contributed by atoms with van der Waals surface area (Å²) in [5.74, 6) is -2.42. The Balaban J connectivity index is 2.18.